The van der Waals surface area contributed by atoms with E-state index in [9.17, 15) is 10.1 Å². The van der Waals surface area contributed by atoms with Crippen molar-refractivity contribution < 1.29 is 9.66 Å². The van der Waals surface area contributed by atoms with Crippen molar-refractivity contribution in [2.75, 3.05) is 7.05 Å². The normalized spacial score (nSPS) is 12.0. The minimum Gasteiger partial charge on any atom is -0.437 e. The summed E-state index contributed by atoms with van der Waals surface area (Å²) in [5, 5.41) is 14.2. The molecule has 1 aromatic carbocycles. The molecule has 21 heavy (non-hydrogen) atoms. The van der Waals surface area contributed by atoms with Crippen LogP contribution in [0.25, 0.3) is 0 Å². The van der Waals surface area contributed by atoms with E-state index in [4.69, 9.17) is 16.3 Å². The summed E-state index contributed by atoms with van der Waals surface area (Å²) in [4.78, 5) is 14.5. The molecule has 0 fully saturated rings. The second-order valence-corrected chi connectivity index (χ2v) is 4.79. The maximum Gasteiger partial charge on any atom is 0.273 e. The molecular formula is C14H14ClN3O3. The van der Waals surface area contributed by atoms with Gasteiger partial charge >= 0.3 is 0 Å². The number of rotatable bonds is 5. The number of hydrogen-bond acceptors (Lipinski definition) is 5. The standard InChI is InChI=1S/C14H14ClN3O3/c1-9(16-2)11-4-3-7-17-14(11)21-13-8-10(18(19)20)5-6-12(13)15/h3-9,16H,1-2H3. The molecule has 0 saturated heterocycles. The van der Waals surface area contributed by atoms with E-state index in [2.05, 4.69) is 10.3 Å². The zero-order chi connectivity index (χ0) is 15.4. The minimum absolute atomic E-state index is 0.0196. The van der Waals surface area contributed by atoms with Crippen LogP contribution in [0, 0.1) is 10.1 Å². The van der Waals surface area contributed by atoms with E-state index in [1.807, 2.05) is 20.0 Å². The van der Waals surface area contributed by atoms with Gasteiger partial charge in [-0.05, 0) is 26.1 Å². The summed E-state index contributed by atoms with van der Waals surface area (Å²) in [7, 11) is 1.82. The van der Waals surface area contributed by atoms with Gasteiger partial charge in [0.25, 0.3) is 5.69 Å². The van der Waals surface area contributed by atoms with Crippen molar-refractivity contribution in [3.05, 3.63) is 57.2 Å². The first-order valence-corrected chi connectivity index (χ1v) is 6.64. The molecule has 1 heterocycles. The van der Waals surface area contributed by atoms with Crippen molar-refractivity contribution in [2.24, 2.45) is 0 Å². The van der Waals surface area contributed by atoms with Gasteiger partial charge in [-0.15, -0.1) is 0 Å². The van der Waals surface area contributed by atoms with E-state index < -0.39 is 4.92 Å². The molecule has 0 bridgehead atoms. The van der Waals surface area contributed by atoms with Crippen molar-refractivity contribution in [3.8, 4) is 11.6 Å². The molecule has 1 aromatic heterocycles. The Balaban J connectivity index is 2.38. The summed E-state index contributed by atoms with van der Waals surface area (Å²) in [5.74, 6) is 0.566. The third-order valence-corrected chi connectivity index (χ3v) is 3.34. The maximum absolute atomic E-state index is 10.8. The number of pyridine rings is 1. The van der Waals surface area contributed by atoms with Gasteiger partial charge in [-0.1, -0.05) is 17.7 Å². The summed E-state index contributed by atoms with van der Waals surface area (Å²) >= 11 is 6.03. The van der Waals surface area contributed by atoms with Crippen LogP contribution in [-0.4, -0.2) is 17.0 Å². The molecule has 0 aliphatic rings. The van der Waals surface area contributed by atoms with Gasteiger partial charge in [0.15, 0.2) is 5.75 Å². The lowest BCUT2D eigenvalue weighted by atomic mass is 10.1. The molecule has 1 atom stereocenters. The fraction of sp³-hybridized carbons (Fsp3) is 0.214. The van der Waals surface area contributed by atoms with Crippen LogP contribution in [0.3, 0.4) is 0 Å². The summed E-state index contributed by atoms with van der Waals surface area (Å²) in [6.45, 7) is 1.96. The first kappa shape index (κ1) is 15.2. The first-order chi connectivity index (χ1) is 10.0. The Labute approximate surface area is 126 Å². The van der Waals surface area contributed by atoms with Crippen molar-refractivity contribution in [3.63, 3.8) is 0 Å². The highest BCUT2D eigenvalue weighted by atomic mass is 35.5. The van der Waals surface area contributed by atoms with Crippen molar-refractivity contribution in [2.45, 2.75) is 13.0 Å². The Morgan fingerprint density at radius 2 is 2.19 bits per heavy atom. The third-order valence-electron chi connectivity index (χ3n) is 3.03. The lowest BCUT2D eigenvalue weighted by Crippen LogP contribution is -2.13. The smallest absolute Gasteiger partial charge is 0.273 e. The first-order valence-electron chi connectivity index (χ1n) is 6.27. The Kier molecular flexibility index (Phi) is 4.72. The van der Waals surface area contributed by atoms with Gasteiger partial charge in [-0.2, -0.15) is 0 Å². The molecule has 6 nitrogen and oxygen atoms in total. The van der Waals surface area contributed by atoms with E-state index >= 15 is 0 Å². The Morgan fingerprint density at radius 1 is 1.43 bits per heavy atom. The zero-order valence-corrected chi connectivity index (χ0v) is 12.3. The van der Waals surface area contributed by atoms with Gasteiger partial charge < -0.3 is 10.1 Å². The molecule has 110 valence electrons. The third kappa shape index (κ3) is 3.48. The lowest BCUT2D eigenvalue weighted by Gasteiger charge is -2.15. The SMILES string of the molecule is CNC(C)c1cccnc1Oc1cc([N+](=O)[O-])ccc1Cl. The largest absolute Gasteiger partial charge is 0.437 e. The number of nitro benzene ring substituents is 1. The van der Waals surface area contributed by atoms with Crippen LogP contribution in [0.5, 0.6) is 11.6 Å². The number of nitrogens with zero attached hydrogens (tertiary/aromatic N) is 2. The molecule has 1 N–H and O–H groups in total. The van der Waals surface area contributed by atoms with Crippen molar-refractivity contribution in [1.82, 2.24) is 10.3 Å². The summed E-state index contributed by atoms with van der Waals surface area (Å²) in [6, 6.07) is 7.72. The van der Waals surface area contributed by atoms with Crippen molar-refractivity contribution >= 4 is 17.3 Å². The van der Waals surface area contributed by atoms with Gasteiger partial charge in [0.2, 0.25) is 5.88 Å². The van der Waals surface area contributed by atoms with Crippen LogP contribution in [0.15, 0.2) is 36.5 Å². The molecule has 0 saturated carbocycles. The van der Waals surface area contributed by atoms with Gasteiger partial charge in [-0.3, -0.25) is 10.1 Å². The molecule has 2 aromatic rings. The quantitative estimate of drug-likeness (QED) is 0.673. The second-order valence-electron chi connectivity index (χ2n) is 4.38. The Morgan fingerprint density at radius 3 is 2.86 bits per heavy atom. The minimum atomic E-state index is -0.501. The van der Waals surface area contributed by atoms with Crippen LogP contribution in [0.4, 0.5) is 5.69 Å². The topological polar surface area (TPSA) is 77.3 Å². The number of nitrogens with one attached hydrogen (secondary N) is 1. The molecule has 0 aliphatic carbocycles. The van der Waals surface area contributed by atoms with Crippen LogP contribution in [0.2, 0.25) is 5.02 Å². The maximum atomic E-state index is 10.8. The summed E-state index contributed by atoms with van der Waals surface area (Å²) in [5.41, 5.74) is 0.746. The highest BCUT2D eigenvalue weighted by Gasteiger charge is 2.16. The fourth-order valence-corrected chi connectivity index (χ4v) is 1.92. The van der Waals surface area contributed by atoms with E-state index in [-0.39, 0.29) is 22.5 Å². The molecule has 0 amide bonds. The highest BCUT2D eigenvalue weighted by molar-refractivity contribution is 6.32. The Hall–Kier alpha value is -2.18. The number of ether oxygens (including phenoxy) is 1. The van der Waals surface area contributed by atoms with Gasteiger partial charge in [0.1, 0.15) is 0 Å². The van der Waals surface area contributed by atoms with Crippen LogP contribution in [0.1, 0.15) is 18.5 Å². The second kappa shape index (κ2) is 6.51. The molecule has 2 rings (SSSR count). The number of non-ortho nitro benzene ring substituents is 1. The molecule has 1 unspecified atom stereocenters. The van der Waals surface area contributed by atoms with E-state index in [0.29, 0.717) is 5.88 Å². The lowest BCUT2D eigenvalue weighted by molar-refractivity contribution is -0.384. The van der Waals surface area contributed by atoms with E-state index in [0.717, 1.165) is 5.56 Å². The molecular weight excluding hydrogens is 294 g/mol. The molecule has 0 aliphatic heterocycles. The Bertz CT molecular complexity index is 664. The number of aromatic nitrogens is 1. The van der Waals surface area contributed by atoms with E-state index in [1.165, 1.54) is 18.2 Å². The summed E-state index contributed by atoms with van der Waals surface area (Å²) < 4.78 is 5.67. The fourth-order valence-electron chi connectivity index (χ4n) is 1.76. The predicted molar refractivity (Wildman–Crippen MR) is 79.9 cm³/mol. The average Bonchev–Trinajstić information content (AvgIpc) is 2.49. The van der Waals surface area contributed by atoms with Gasteiger partial charge in [0, 0.05) is 23.9 Å². The van der Waals surface area contributed by atoms with Crippen molar-refractivity contribution in [1.29, 1.82) is 0 Å². The van der Waals surface area contributed by atoms with Gasteiger partial charge in [0.05, 0.1) is 16.0 Å². The number of benzene rings is 1. The molecule has 0 radical (unpaired) electrons. The van der Waals surface area contributed by atoms with Gasteiger partial charge in [-0.25, -0.2) is 4.98 Å². The van der Waals surface area contributed by atoms with Crippen LogP contribution in [-0.2, 0) is 0 Å². The van der Waals surface area contributed by atoms with Crippen LogP contribution < -0.4 is 10.1 Å². The number of halogens is 1. The average molecular weight is 308 g/mol. The molecule has 0 spiro atoms. The number of nitro groups is 1. The zero-order valence-electron chi connectivity index (χ0n) is 11.5. The highest BCUT2D eigenvalue weighted by Crippen LogP contribution is 2.34. The predicted octanol–water partition coefficient (Wildman–Crippen LogP) is 3.72. The van der Waals surface area contributed by atoms with Crippen LogP contribution >= 0.6 is 11.6 Å². The summed E-state index contributed by atoms with van der Waals surface area (Å²) in [6.07, 6.45) is 1.59. The monoisotopic (exact) mass is 307 g/mol. The van der Waals surface area contributed by atoms with E-state index in [1.54, 1.807) is 12.3 Å². The number of hydrogen-bond donors (Lipinski definition) is 1. The molecule has 7 heteroatoms.